The molecule has 0 spiro atoms. The smallest absolute Gasteiger partial charge is 0.137 e. The Hall–Kier alpha value is -3.03. The number of imidazole rings is 1. The highest BCUT2D eigenvalue weighted by Crippen LogP contribution is 2.28. The molecule has 29 heavy (non-hydrogen) atoms. The van der Waals surface area contributed by atoms with E-state index in [-0.39, 0.29) is 0 Å². The van der Waals surface area contributed by atoms with Gasteiger partial charge in [0.05, 0.1) is 5.69 Å². The van der Waals surface area contributed by atoms with Crippen molar-refractivity contribution in [2.45, 2.75) is 26.4 Å². The number of nitrogens with one attached hydrogen (secondary N) is 1. The first-order chi connectivity index (χ1) is 13.7. The Morgan fingerprint density at radius 2 is 2.07 bits per heavy atom. The summed E-state index contributed by atoms with van der Waals surface area (Å²) in [6, 6.07) is 9.45. The lowest BCUT2D eigenvalue weighted by atomic mass is 9.94. The summed E-state index contributed by atoms with van der Waals surface area (Å²) in [5, 5.41) is 14.2. The standard InChI is InChI=1S/C22H25N5OS/c1-14-8-9-20-26-19(13-27(20)12-14)22(3,28)15(2)10-25-21(29)16-6-5-7-18(23)17(16)11-24-4/h5-13,28H,23H2,1-4H3,(H,25,29)/b15-10+,24-11?. The number of nitrogens with zero attached hydrogens (tertiary/aromatic N) is 3. The molecule has 150 valence electrons. The summed E-state index contributed by atoms with van der Waals surface area (Å²) in [4.78, 5) is 9.11. The van der Waals surface area contributed by atoms with Gasteiger partial charge in [-0.15, -0.1) is 0 Å². The van der Waals surface area contributed by atoms with Crippen LogP contribution in [0.3, 0.4) is 0 Å². The number of hydrogen-bond donors (Lipinski definition) is 3. The van der Waals surface area contributed by atoms with Gasteiger partial charge in [0.1, 0.15) is 16.2 Å². The number of aromatic nitrogens is 2. The number of anilines is 1. The molecule has 7 heteroatoms. The zero-order valence-electron chi connectivity index (χ0n) is 17.0. The summed E-state index contributed by atoms with van der Waals surface area (Å²) in [6.45, 7) is 5.56. The fourth-order valence-electron chi connectivity index (χ4n) is 2.99. The van der Waals surface area contributed by atoms with Crippen molar-refractivity contribution in [3.05, 3.63) is 76.9 Å². The Morgan fingerprint density at radius 3 is 2.79 bits per heavy atom. The van der Waals surface area contributed by atoms with Gasteiger partial charge in [-0.05, 0) is 44.0 Å². The number of aliphatic imine (C=N–C) groups is 1. The minimum absolute atomic E-state index is 0.493. The van der Waals surface area contributed by atoms with Crippen molar-refractivity contribution in [1.29, 1.82) is 0 Å². The van der Waals surface area contributed by atoms with E-state index in [2.05, 4.69) is 15.3 Å². The molecule has 3 aromatic rings. The Labute approximate surface area is 175 Å². The highest BCUT2D eigenvalue weighted by molar-refractivity contribution is 7.80. The van der Waals surface area contributed by atoms with Crippen molar-refractivity contribution in [3.63, 3.8) is 0 Å². The topological polar surface area (TPSA) is 87.9 Å². The van der Waals surface area contributed by atoms with Crippen molar-refractivity contribution in [3.8, 4) is 0 Å². The van der Waals surface area contributed by atoms with Crippen molar-refractivity contribution in [2.75, 3.05) is 12.8 Å². The van der Waals surface area contributed by atoms with Gasteiger partial charge in [0, 0.05) is 48.7 Å². The van der Waals surface area contributed by atoms with Gasteiger partial charge >= 0.3 is 0 Å². The van der Waals surface area contributed by atoms with E-state index in [9.17, 15) is 5.11 Å². The van der Waals surface area contributed by atoms with Crippen LogP contribution < -0.4 is 11.1 Å². The van der Waals surface area contributed by atoms with Gasteiger partial charge in [-0.3, -0.25) is 4.99 Å². The van der Waals surface area contributed by atoms with Gasteiger partial charge in [0.25, 0.3) is 0 Å². The van der Waals surface area contributed by atoms with E-state index in [1.807, 2.05) is 54.9 Å². The number of thiocarbonyl (C=S) groups is 1. The number of rotatable bonds is 5. The van der Waals surface area contributed by atoms with Crippen LogP contribution >= 0.6 is 12.2 Å². The Bertz CT molecular complexity index is 1130. The molecule has 0 aliphatic rings. The second-order valence-electron chi connectivity index (χ2n) is 7.17. The predicted molar refractivity (Wildman–Crippen MR) is 122 cm³/mol. The summed E-state index contributed by atoms with van der Waals surface area (Å²) in [6.07, 6.45) is 7.20. The van der Waals surface area contributed by atoms with E-state index in [1.165, 1.54) is 0 Å². The molecule has 6 nitrogen and oxygen atoms in total. The van der Waals surface area contributed by atoms with E-state index in [0.29, 0.717) is 21.9 Å². The van der Waals surface area contributed by atoms with Crippen LogP contribution in [-0.4, -0.2) is 32.7 Å². The van der Waals surface area contributed by atoms with Crippen molar-refractivity contribution < 1.29 is 5.11 Å². The van der Waals surface area contributed by atoms with E-state index in [4.69, 9.17) is 18.0 Å². The van der Waals surface area contributed by atoms with Crippen LogP contribution in [-0.2, 0) is 5.60 Å². The number of fused-ring (bicyclic) bond motifs is 1. The highest BCUT2D eigenvalue weighted by Gasteiger charge is 2.28. The van der Waals surface area contributed by atoms with Crippen LogP contribution in [0.4, 0.5) is 5.69 Å². The molecule has 2 heterocycles. The minimum Gasteiger partial charge on any atom is -0.398 e. The zero-order chi connectivity index (χ0) is 21.2. The van der Waals surface area contributed by atoms with E-state index >= 15 is 0 Å². The number of pyridine rings is 1. The number of nitrogen functional groups attached to an aromatic ring is 1. The Morgan fingerprint density at radius 1 is 1.31 bits per heavy atom. The second-order valence-corrected chi connectivity index (χ2v) is 7.58. The lowest BCUT2D eigenvalue weighted by molar-refractivity contribution is 0.0929. The maximum absolute atomic E-state index is 11.1. The fraction of sp³-hybridized carbons (Fsp3) is 0.227. The average molecular weight is 408 g/mol. The molecule has 3 rings (SSSR count). The van der Waals surface area contributed by atoms with Crippen LogP contribution in [0.15, 0.2) is 59.5 Å². The molecular formula is C22H25N5OS. The van der Waals surface area contributed by atoms with Crippen LogP contribution in [0.5, 0.6) is 0 Å². The summed E-state index contributed by atoms with van der Waals surface area (Å²) in [5.41, 5.74) is 10.1. The third kappa shape index (κ3) is 4.21. The van der Waals surface area contributed by atoms with Gasteiger partial charge in [-0.25, -0.2) is 4.98 Å². The molecular weight excluding hydrogens is 382 g/mol. The molecule has 0 radical (unpaired) electrons. The minimum atomic E-state index is -1.26. The molecule has 4 N–H and O–H groups in total. The first-order valence-electron chi connectivity index (χ1n) is 9.21. The van der Waals surface area contributed by atoms with Crippen LogP contribution in [0.25, 0.3) is 5.65 Å². The van der Waals surface area contributed by atoms with Gasteiger partial charge in [0.15, 0.2) is 0 Å². The van der Waals surface area contributed by atoms with E-state index in [1.54, 1.807) is 32.5 Å². The third-order valence-corrected chi connectivity index (χ3v) is 5.27. The zero-order valence-corrected chi connectivity index (χ0v) is 17.8. The Balaban J connectivity index is 1.86. The highest BCUT2D eigenvalue weighted by atomic mass is 32.1. The fourth-order valence-corrected chi connectivity index (χ4v) is 3.22. The monoisotopic (exact) mass is 407 g/mol. The van der Waals surface area contributed by atoms with Crippen LogP contribution in [0, 0.1) is 6.92 Å². The molecule has 0 aliphatic carbocycles. The number of nitrogens with two attached hydrogens (primary N) is 1. The largest absolute Gasteiger partial charge is 0.398 e. The quantitative estimate of drug-likeness (QED) is 0.343. The molecule has 0 fully saturated rings. The molecule has 0 amide bonds. The van der Waals surface area contributed by atoms with Crippen molar-refractivity contribution in [2.24, 2.45) is 4.99 Å². The average Bonchev–Trinajstić information content (AvgIpc) is 3.11. The molecule has 0 saturated carbocycles. The number of aryl methyl sites for hydroxylation is 1. The maximum Gasteiger partial charge on any atom is 0.137 e. The molecule has 1 atom stereocenters. The maximum atomic E-state index is 11.1. The lowest BCUT2D eigenvalue weighted by Gasteiger charge is -2.22. The SMILES string of the molecule is CN=Cc1c(N)cccc1C(=S)N/C=C(\C)C(C)(O)c1cn2cc(C)ccc2n1. The number of benzene rings is 1. The number of hydrogen-bond acceptors (Lipinski definition) is 5. The first kappa shape index (κ1) is 20.7. The van der Waals surface area contributed by atoms with Gasteiger partial charge in [-0.1, -0.05) is 30.4 Å². The first-order valence-corrected chi connectivity index (χ1v) is 9.62. The summed E-state index contributed by atoms with van der Waals surface area (Å²) >= 11 is 5.53. The van der Waals surface area contributed by atoms with Crippen LogP contribution in [0.2, 0.25) is 0 Å². The third-order valence-electron chi connectivity index (χ3n) is 4.93. The second kappa shape index (κ2) is 8.14. The van der Waals surface area contributed by atoms with Gasteiger partial charge in [-0.2, -0.15) is 0 Å². The Kier molecular flexibility index (Phi) is 5.81. The molecule has 1 aromatic carbocycles. The molecule has 0 aliphatic heterocycles. The molecule has 0 bridgehead atoms. The number of aliphatic hydroxyl groups is 1. The van der Waals surface area contributed by atoms with Gasteiger partial charge in [0.2, 0.25) is 0 Å². The molecule has 2 aromatic heterocycles. The van der Waals surface area contributed by atoms with Crippen LogP contribution in [0.1, 0.15) is 36.2 Å². The van der Waals surface area contributed by atoms with Gasteiger partial charge < -0.3 is 20.6 Å². The lowest BCUT2D eigenvalue weighted by Crippen LogP contribution is -2.26. The summed E-state index contributed by atoms with van der Waals surface area (Å²) < 4.78 is 1.91. The normalized spacial score (nSPS) is 14.3. The summed E-state index contributed by atoms with van der Waals surface area (Å²) in [5.74, 6) is 0. The van der Waals surface area contributed by atoms with Crippen molar-refractivity contribution in [1.82, 2.24) is 14.7 Å². The summed E-state index contributed by atoms with van der Waals surface area (Å²) in [7, 11) is 1.68. The van der Waals surface area contributed by atoms with E-state index in [0.717, 1.165) is 22.3 Å². The van der Waals surface area contributed by atoms with E-state index < -0.39 is 5.60 Å². The van der Waals surface area contributed by atoms with Crippen molar-refractivity contribution >= 4 is 34.8 Å². The predicted octanol–water partition coefficient (Wildman–Crippen LogP) is 3.35. The molecule has 0 saturated heterocycles. The molecule has 1 unspecified atom stereocenters.